The Kier molecular flexibility index (Phi) is 12.4. The zero-order valence-corrected chi connectivity index (χ0v) is 39.2. The number of fused-ring (bicyclic) bond motifs is 2. The summed E-state index contributed by atoms with van der Waals surface area (Å²) in [5.74, 6) is 2.75. The third kappa shape index (κ3) is 9.16. The van der Waals surface area contributed by atoms with E-state index < -0.39 is 24.5 Å². The first kappa shape index (κ1) is 45.2. The van der Waals surface area contributed by atoms with Gasteiger partial charge < -0.3 is 50.1 Å². The minimum absolute atomic E-state index is 0.0452. The van der Waals surface area contributed by atoms with E-state index in [9.17, 15) is 10.2 Å². The largest absolute Gasteiger partial charge is 0.387 e. The zero-order valence-electron chi connectivity index (χ0n) is 39.2. The van der Waals surface area contributed by atoms with E-state index in [4.69, 9.17) is 39.4 Å². The Labute approximate surface area is 399 Å². The normalized spacial score (nSPS) is 23.7. The second kappa shape index (κ2) is 19.2. The van der Waals surface area contributed by atoms with Gasteiger partial charge in [0.1, 0.15) is 24.5 Å². The molecule has 8 aromatic rings. The van der Waals surface area contributed by atoms with Crippen molar-refractivity contribution >= 4 is 45.9 Å². The number of aliphatic hydroxyl groups excluding tert-OH is 2. The number of rotatable bonds is 18. The van der Waals surface area contributed by atoms with E-state index in [1.165, 1.54) is 4.80 Å². The number of tetrazole rings is 2. The van der Waals surface area contributed by atoms with Gasteiger partial charge in [-0.05, 0) is 62.8 Å². The number of aromatic nitrogens is 20. The second-order valence-corrected chi connectivity index (χ2v) is 17.9. The SMILES string of the molecule is CCn1nnc([C@@H]2CC[C@H](n3cnc4c(NC5CCC(Nc6nc(NCCc7cn(C)cn7)nc7c6ncn7[C@@H]6O[C@H](c7nnn(CC)n7)[C@@H](O)[C@H]6O)CC5)nc(NCCc5cn(C)cn5)nc43)O2)n1. The van der Waals surface area contributed by atoms with Crippen LogP contribution in [0.15, 0.2) is 37.7 Å². The lowest BCUT2D eigenvalue weighted by Gasteiger charge is -2.30. The van der Waals surface area contributed by atoms with Crippen molar-refractivity contribution in [2.75, 3.05) is 34.4 Å². The quantitative estimate of drug-likeness (QED) is 0.0712. The van der Waals surface area contributed by atoms with Gasteiger partial charge in [0.2, 0.25) is 23.5 Å². The number of ether oxygens (including phenoxy) is 2. The molecule has 0 unspecified atom stereocenters. The molecule has 0 amide bonds. The summed E-state index contributed by atoms with van der Waals surface area (Å²) in [5.41, 5.74) is 4.10. The van der Waals surface area contributed by atoms with Crippen molar-refractivity contribution in [1.82, 2.24) is 98.6 Å². The molecular formula is C42H56N24O4. The Morgan fingerprint density at radius 3 is 1.70 bits per heavy atom. The summed E-state index contributed by atoms with van der Waals surface area (Å²) in [6.07, 6.45) is 11.6. The molecule has 3 aliphatic rings. The molecule has 2 saturated heterocycles. The lowest BCUT2D eigenvalue weighted by atomic mass is 9.91. The fourth-order valence-corrected chi connectivity index (χ4v) is 9.29. The van der Waals surface area contributed by atoms with Gasteiger partial charge in [0.25, 0.3) is 0 Å². The Hall–Kier alpha value is -7.30. The fourth-order valence-electron chi connectivity index (χ4n) is 9.29. The van der Waals surface area contributed by atoms with Crippen LogP contribution < -0.4 is 21.3 Å². The molecule has 368 valence electrons. The predicted octanol–water partition coefficient (Wildman–Crippen LogP) is 1.63. The second-order valence-electron chi connectivity index (χ2n) is 17.9. The van der Waals surface area contributed by atoms with Crippen molar-refractivity contribution in [2.45, 2.75) is 127 Å². The molecule has 0 bridgehead atoms. The van der Waals surface area contributed by atoms with Gasteiger partial charge >= 0.3 is 0 Å². The standard InChI is InChI=1S/C42H56N24O4/c1-5-65-57-34(55-59-65)27-11-12-28(69-27)63-21-47-29-35(51-41(53-38(29)63)43-15-13-25-17-61(3)19-45-25)49-23-7-9-24(10-8-23)50-36-30-39(54-42(52-36)44-16-14-26-18-62(4)20-46-26)64(22-48-30)40-32(68)31(67)33(70-40)37-56-60-66(6-2)58-37/h17-24,27-28,31-33,40,67-68H,5-16H2,1-4H3,(H2,43,49,51,53)(H2,44,50,52,54)/t23?,24?,27-,28+,31-,32+,33-,40+/m0/s1. The molecule has 28 heteroatoms. The first-order valence-corrected chi connectivity index (χ1v) is 23.8. The highest BCUT2D eigenvalue weighted by molar-refractivity contribution is 5.85. The van der Waals surface area contributed by atoms with Gasteiger partial charge in [0.05, 0.1) is 49.8 Å². The number of aliphatic hydroxyl groups is 2. The predicted molar refractivity (Wildman–Crippen MR) is 249 cm³/mol. The van der Waals surface area contributed by atoms with Crippen molar-refractivity contribution < 1.29 is 19.7 Å². The number of anilines is 4. The monoisotopic (exact) mass is 960 g/mol. The van der Waals surface area contributed by atoms with Gasteiger partial charge in [-0.1, -0.05) is 0 Å². The van der Waals surface area contributed by atoms with E-state index in [1.807, 2.05) is 54.0 Å². The molecule has 6 N–H and O–H groups in total. The molecule has 1 saturated carbocycles. The van der Waals surface area contributed by atoms with Crippen LogP contribution in [0.1, 0.15) is 100 Å². The zero-order chi connectivity index (χ0) is 47.9. The van der Waals surface area contributed by atoms with Crippen molar-refractivity contribution in [3.63, 3.8) is 0 Å². The molecule has 2 aliphatic heterocycles. The van der Waals surface area contributed by atoms with Gasteiger partial charge in [-0.25, -0.2) is 19.9 Å². The maximum atomic E-state index is 11.3. The van der Waals surface area contributed by atoms with E-state index in [0.717, 1.165) is 49.9 Å². The van der Waals surface area contributed by atoms with Crippen LogP contribution in [0.4, 0.5) is 23.5 Å². The van der Waals surface area contributed by atoms with E-state index in [1.54, 1.807) is 34.7 Å². The molecule has 0 spiro atoms. The summed E-state index contributed by atoms with van der Waals surface area (Å²) in [7, 11) is 3.89. The average molecular weight is 961 g/mol. The van der Waals surface area contributed by atoms with Gasteiger partial charge in [-0.3, -0.25) is 9.13 Å². The molecule has 6 atom stereocenters. The van der Waals surface area contributed by atoms with Crippen LogP contribution in [0.3, 0.4) is 0 Å². The highest BCUT2D eigenvalue weighted by Gasteiger charge is 2.47. The van der Waals surface area contributed by atoms with Gasteiger partial charge in [-0.15, -0.1) is 20.4 Å². The first-order valence-electron chi connectivity index (χ1n) is 23.8. The van der Waals surface area contributed by atoms with Gasteiger partial charge in [-0.2, -0.15) is 29.5 Å². The van der Waals surface area contributed by atoms with Crippen LogP contribution in [-0.4, -0.2) is 146 Å². The summed E-state index contributed by atoms with van der Waals surface area (Å²) in [6, 6.07) is 0.132. The molecule has 0 radical (unpaired) electrons. The number of nitrogens with zero attached hydrogens (tertiary/aromatic N) is 20. The van der Waals surface area contributed by atoms with E-state index in [2.05, 4.69) is 62.1 Å². The average Bonchev–Trinajstić information content (AvgIpc) is 4.22. The Bertz CT molecular complexity index is 3060. The van der Waals surface area contributed by atoms with E-state index in [-0.39, 0.29) is 30.2 Å². The number of nitrogens with one attached hydrogen (secondary N) is 4. The molecule has 0 aromatic carbocycles. The van der Waals surface area contributed by atoms with E-state index in [0.29, 0.717) is 90.7 Å². The summed E-state index contributed by atoms with van der Waals surface area (Å²) < 4.78 is 20.1. The lowest BCUT2D eigenvalue weighted by Crippen LogP contribution is -2.33. The van der Waals surface area contributed by atoms with Crippen LogP contribution in [0.2, 0.25) is 0 Å². The maximum Gasteiger partial charge on any atom is 0.226 e. The topological polar surface area (TPSA) is 317 Å². The van der Waals surface area contributed by atoms with Crippen LogP contribution in [-0.2, 0) is 49.5 Å². The molecule has 70 heavy (non-hydrogen) atoms. The van der Waals surface area contributed by atoms with Crippen LogP contribution in [0.5, 0.6) is 0 Å². The van der Waals surface area contributed by atoms with E-state index >= 15 is 0 Å². The Morgan fingerprint density at radius 1 is 0.614 bits per heavy atom. The molecule has 1 aliphatic carbocycles. The first-order chi connectivity index (χ1) is 34.2. The third-order valence-corrected chi connectivity index (χ3v) is 13.0. The van der Waals surface area contributed by atoms with Crippen LogP contribution in [0.25, 0.3) is 22.3 Å². The summed E-state index contributed by atoms with van der Waals surface area (Å²) >= 11 is 0. The maximum absolute atomic E-state index is 11.3. The number of hydrogen-bond donors (Lipinski definition) is 6. The molecule has 28 nitrogen and oxygen atoms in total. The van der Waals surface area contributed by atoms with Crippen molar-refractivity contribution in [1.29, 1.82) is 0 Å². The molecular weight excluding hydrogens is 905 g/mol. The Balaban J connectivity index is 0.809. The highest BCUT2D eigenvalue weighted by atomic mass is 16.6. The minimum Gasteiger partial charge on any atom is -0.387 e. The smallest absolute Gasteiger partial charge is 0.226 e. The molecule has 11 rings (SSSR count). The number of imidazole rings is 4. The number of hydrogen-bond acceptors (Lipinski definition) is 22. The van der Waals surface area contributed by atoms with Crippen molar-refractivity contribution in [2.24, 2.45) is 14.1 Å². The number of aryl methyl sites for hydroxylation is 4. The van der Waals surface area contributed by atoms with Crippen LogP contribution in [0, 0.1) is 0 Å². The molecule has 3 fully saturated rings. The van der Waals surface area contributed by atoms with Gasteiger partial charge in [0, 0.05) is 64.5 Å². The third-order valence-electron chi connectivity index (χ3n) is 13.0. The van der Waals surface area contributed by atoms with Gasteiger partial charge in [0.15, 0.2) is 46.3 Å². The molecule has 8 aromatic heterocycles. The summed E-state index contributed by atoms with van der Waals surface area (Å²) in [6.45, 7) is 6.06. The van der Waals surface area contributed by atoms with Crippen molar-refractivity contribution in [3.05, 3.63) is 60.7 Å². The molecule has 10 heterocycles. The minimum atomic E-state index is -1.34. The highest BCUT2D eigenvalue weighted by Crippen LogP contribution is 2.41. The lowest BCUT2D eigenvalue weighted by molar-refractivity contribution is -0.0384. The Morgan fingerprint density at radius 2 is 1.16 bits per heavy atom. The summed E-state index contributed by atoms with van der Waals surface area (Å²) in [4.78, 5) is 41.2. The van der Waals surface area contributed by atoms with Crippen LogP contribution >= 0.6 is 0 Å². The summed E-state index contributed by atoms with van der Waals surface area (Å²) in [5, 5.41) is 61.9. The van der Waals surface area contributed by atoms with Crippen molar-refractivity contribution in [3.8, 4) is 0 Å². The fraction of sp³-hybridized carbons (Fsp3) is 0.571.